The molecule has 0 fully saturated rings. The van der Waals surface area contributed by atoms with Crippen molar-refractivity contribution >= 4 is 0 Å². The Hall–Kier alpha value is -1.08. The molecule has 0 aliphatic heterocycles. The van der Waals surface area contributed by atoms with Gasteiger partial charge in [0.2, 0.25) is 0 Å². The maximum Gasteiger partial charge on any atom is 0.118 e. The number of hydrogen-bond donors (Lipinski definition) is 0. The van der Waals surface area contributed by atoms with E-state index in [1.807, 2.05) is 34.6 Å². The highest BCUT2D eigenvalue weighted by Gasteiger charge is 2.12. The fourth-order valence-corrected chi connectivity index (χ4v) is 1.80. The van der Waals surface area contributed by atoms with Gasteiger partial charge in [0.05, 0.1) is 63.4 Å². The average Bonchev–Trinajstić information content (AvgIpc) is 2.59. The van der Waals surface area contributed by atoms with Gasteiger partial charge in [0.25, 0.3) is 0 Å². The third-order valence-corrected chi connectivity index (χ3v) is 3.24. The van der Waals surface area contributed by atoms with Gasteiger partial charge >= 0.3 is 0 Å². The molecule has 0 radical (unpaired) electrons. The molecule has 25 heavy (non-hydrogen) atoms. The Morgan fingerprint density at radius 1 is 0.560 bits per heavy atom. The van der Waals surface area contributed by atoms with Gasteiger partial charge in [-0.3, -0.25) is 0 Å². The van der Waals surface area contributed by atoms with Crippen LogP contribution in [-0.2, 0) is 28.4 Å². The summed E-state index contributed by atoms with van der Waals surface area (Å²) in [6.07, 6.45) is 2.79. The van der Waals surface area contributed by atoms with E-state index in [9.17, 15) is 0 Å². The summed E-state index contributed by atoms with van der Waals surface area (Å²) in [4.78, 5) is 0. The highest BCUT2D eigenvalue weighted by Crippen LogP contribution is 2.03. The zero-order valence-corrected chi connectivity index (χ0v) is 16.4. The van der Waals surface area contributed by atoms with Gasteiger partial charge in [0.15, 0.2) is 0 Å². The van der Waals surface area contributed by atoms with Gasteiger partial charge in [-0.15, -0.1) is 0 Å². The summed E-state index contributed by atoms with van der Waals surface area (Å²) in [5.74, 6) is 0. The maximum atomic E-state index is 5.74. The first-order chi connectivity index (χ1) is 11.9. The standard InChI is InChI=1S/C19H36O6/c1-8-20-10-15(3)22-12-17(5)24-14-19(7)25-13-18(6)23-11-16(4)21-9-2/h8-9,15-19H,1-2,10-14H2,3-7H3. The SMILES string of the molecule is C=COCC(C)OCC(C)OCC(C)OCC(C)OCC(C)OC=C. The Morgan fingerprint density at radius 3 is 1.28 bits per heavy atom. The molecule has 0 heterocycles. The molecule has 0 aliphatic rings. The molecule has 5 unspecified atom stereocenters. The second kappa shape index (κ2) is 15.2. The Morgan fingerprint density at radius 2 is 0.920 bits per heavy atom. The summed E-state index contributed by atoms with van der Waals surface area (Å²) in [6, 6.07) is 0. The quantitative estimate of drug-likeness (QED) is 0.371. The zero-order valence-electron chi connectivity index (χ0n) is 16.4. The lowest BCUT2D eigenvalue weighted by Gasteiger charge is -2.21. The molecule has 0 aliphatic carbocycles. The number of ether oxygens (including phenoxy) is 6. The molecule has 148 valence electrons. The highest BCUT2D eigenvalue weighted by atomic mass is 16.6. The van der Waals surface area contributed by atoms with Gasteiger partial charge in [-0.05, 0) is 34.6 Å². The second-order valence-electron chi connectivity index (χ2n) is 6.19. The van der Waals surface area contributed by atoms with E-state index in [-0.39, 0.29) is 30.5 Å². The summed E-state index contributed by atoms with van der Waals surface area (Å²) < 4.78 is 33.0. The summed E-state index contributed by atoms with van der Waals surface area (Å²) >= 11 is 0. The van der Waals surface area contributed by atoms with Gasteiger partial charge in [-0.1, -0.05) is 13.2 Å². The van der Waals surface area contributed by atoms with Crippen molar-refractivity contribution in [3.8, 4) is 0 Å². The predicted molar refractivity (Wildman–Crippen MR) is 98.5 cm³/mol. The molecule has 0 saturated carbocycles. The average molecular weight is 360 g/mol. The smallest absolute Gasteiger partial charge is 0.118 e. The first-order valence-electron chi connectivity index (χ1n) is 8.84. The van der Waals surface area contributed by atoms with Crippen molar-refractivity contribution in [2.45, 2.75) is 65.1 Å². The van der Waals surface area contributed by atoms with Crippen molar-refractivity contribution in [3.05, 3.63) is 25.7 Å². The lowest BCUT2D eigenvalue weighted by Crippen LogP contribution is -2.29. The van der Waals surface area contributed by atoms with Crippen LogP contribution in [-0.4, -0.2) is 63.6 Å². The molecule has 0 spiro atoms. The Bertz CT molecular complexity index is 336. The zero-order chi connectivity index (χ0) is 19.1. The largest absolute Gasteiger partial charge is 0.499 e. The van der Waals surface area contributed by atoms with Crippen molar-refractivity contribution in [3.63, 3.8) is 0 Å². The van der Waals surface area contributed by atoms with E-state index in [4.69, 9.17) is 28.4 Å². The highest BCUT2D eigenvalue weighted by molar-refractivity contribution is 4.60. The molecule has 0 aromatic rings. The molecule has 0 saturated heterocycles. The van der Waals surface area contributed by atoms with E-state index >= 15 is 0 Å². The van der Waals surface area contributed by atoms with Crippen molar-refractivity contribution in [2.75, 3.05) is 33.0 Å². The summed E-state index contributed by atoms with van der Waals surface area (Å²) in [5, 5.41) is 0. The third kappa shape index (κ3) is 14.9. The van der Waals surface area contributed by atoms with E-state index in [1.54, 1.807) is 0 Å². The van der Waals surface area contributed by atoms with Crippen LogP contribution in [0.3, 0.4) is 0 Å². The lowest BCUT2D eigenvalue weighted by atomic mass is 10.3. The van der Waals surface area contributed by atoms with Crippen LogP contribution < -0.4 is 0 Å². The molecule has 6 heteroatoms. The van der Waals surface area contributed by atoms with E-state index in [0.717, 1.165) is 0 Å². The fourth-order valence-electron chi connectivity index (χ4n) is 1.80. The first-order valence-corrected chi connectivity index (χ1v) is 8.84. The van der Waals surface area contributed by atoms with Gasteiger partial charge in [-0.2, -0.15) is 0 Å². The van der Waals surface area contributed by atoms with Crippen LogP contribution >= 0.6 is 0 Å². The van der Waals surface area contributed by atoms with Crippen LogP contribution in [0.25, 0.3) is 0 Å². The van der Waals surface area contributed by atoms with E-state index in [2.05, 4.69) is 13.2 Å². The Labute approximate surface area is 153 Å². The number of rotatable bonds is 17. The maximum absolute atomic E-state index is 5.74. The molecule has 0 aromatic carbocycles. The van der Waals surface area contributed by atoms with Crippen molar-refractivity contribution < 1.29 is 28.4 Å². The van der Waals surface area contributed by atoms with Crippen LogP contribution in [0.1, 0.15) is 34.6 Å². The molecular weight excluding hydrogens is 324 g/mol. The molecular formula is C19H36O6. The van der Waals surface area contributed by atoms with Gasteiger partial charge in [0.1, 0.15) is 12.7 Å². The molecule has 6 nitrogen and oxygen atoms in total. The third-order valence-electron chi connectivity index (χ3n) is 3.24. The van der Waals surface area contributed by atoms with E-state index in [0.29, 0.717) is 33.0 Å². The first kappa shape index (κ1) is 23.9. The van der Waals surface area contributed by atoms with E-state index in [1.165, 1.54) is 12.5 Å². The van der Waals surface area contributed by atoms with Crippen LogP contribution in [0.4, 0.5) is 0 Å². The monoisotopic (exact) mass is 360 g/mol. The van der Waals surface area contributed by atoms with Crippen molar-refractivity contribution in [2.24, 2.45) is 0 Å². The molecule has 0 rings (SSSR count). The minimum atomic E-state index is -0.0168. The molecule has 0 aromatic heterocycles. The predicted octanol–water partition coefficient (Wildman–Crippen LogP) is 3.32. The van der Waals surface area contributed by atoms with Crippen LogP contribution in [0.15, 0.2) is 25.7 Å². The van der Waals surface area contributed by atoms with Gasteiger partial charge in [0, 0.05) is 0 Å². The fraction of sp³-hybridized carbons (Fsp3) is 0.789. The summed E-state index contributed by atoms with van der Waals surface area (Å²) in [7, 11) is 0. The minimum Gasteiger partial charge on any atom is -0.499 e. The summed E-state index contributed by atoms with van der Waals surface area (Å²) in [6.45, 7) is 19.3. The molecule has 5 atom stereocenters. The normalized spacial score (nSPS) is 17.2. The molecule has 0 N–H and O–H groups in total. The van der Waals surface area contributed by atoms with E-state index < -0.39 is 0 Å². The second-order valence-corrected chi connectivity index (χ2v) is 6.19. The lowest BCUT2D eigenvalue weighted by molar-refractivity contribution is -0.0943. The number of hydrogen-bond acceptors (Lipinski definition) is 6. The molecule has 0 bridgehead atoms. The van der Waals surface area contributed by atoms with Crippen LogP contribution in [0.5, 0.6) is 0 Å². The topological polar surface area (TPSA) is 55.4 Å². The Kier molecular flexibility index (Phi) is 14.5. The Balaban J connectivity index is 3.72. The van der Waals surface area contributed by atoms with Crippen LogP contribution in [0, 0.1) is 0 Å². The van der Waals surface area contributed by atoms with Gasteiger partial charge < -0.3 is 28.4 Å². The van der Waals surface area contributed by atoms with Crippen molar-refractivity contribution in [1.29, 1.82) is 0 Å². The summed E-state index contributed by atoms with van der Waals surface area (Å²) in [5.41, 5.74) is 0. The minimum absolute atomic E-state index is 0.00295. The molecule has 0 amide bonds. The van der Waals surface area contributed by atoms with Crippen LogP contribution in [0.2, 0.25) is 0 Å². The van der Waals surface area contributed by atoms with Crippen molar-refractivity contribution in [1.82, 2.24) is 0 Å². The van der Waals surface area contributed by atoms with Gasteiger partial charge in [-0.25, -0.2) is 0 Å².